The molecular formula is C35H29N2O5+. The van der Waals surface area contributed by atoms with Crippen LogP contribution in [0.5, 0.6) is 5.75 Å². The van der Waals surface area contributed by atoms with Gasteiger partial charge in [0.15, 0.2) is 11.5 Å². The van der Waals surface area contributed by atoms with Crippen molar-refractivity contribution < 1.29 is 23.9 Å². The Morgan fingerprint density at radius 2 is 1.57 bits per heavy atom. The lowest BCUT2D eigenvalue weighted by Crippen LogP contribution is -2.18. The fraction of sp³-hybridized carbons (Fsp3) is 0.114. The number of para-hydroxylation sites is 1. The minimum Gasteiger partial charge on any atom is -0.493 e. The molecule has 1 unspecified atom stereocenters. The average molecular weight is 558 g/mol. The van der Waals surface area contributed by atoms with E-state index in [9.17, 15) is 14.7 Å². The molecule has 7 heteroatoms. The van der Waals surface area contributed by atoms with Gasteiger partial charge in [0.1, 0.15) is 11.3 Å². The van der Waals surface area contributed by atoms with Crippen molar-refractivity contribution in [2.75, 3.05) is 6.61 Å². The van der Waals surface area contributed by atoms with E-state index in [4.69, 9.17) is 9.16 Å². The molecule has 1 atom stereocenters. The van der Waals surface area contributed by atoms with Gasteiger partial charge in [-0.1, -0.05) is 72.8 Å². The lowest BCUT2D eigenvalue weighted by Gasteiger charge is -2.10. The molecule has 208 valence electrons. The number of hydrogen-bond acceptors (Lipinski definition) is 5. The molecule has 0 spiro atoms. The van der Waals surface area contributed by atoms with Gasteiger partial charge in [0, 0.05) is 30.3 Å². The first-order chi connectivity index (χ1) is 20.5. The van der Waals surface area contributed by atoms with Gasteiger partial charge in [0.25, 0.3) is 0 Å². The fourth-order valence-electron chi connectivity index (χ4n) is 4.42. The molecule has 5 rings (SSSR count). The summed E-state index contributed by atoms with van der Waals surface area (Å²) in [6.45, 7) is 4.33. The van der Waals surface area contributed by atoms with Gasteiger partial charge in [0.05, 0.1) is 18.2 Å². The number of hydrogen-bond donors (Lipinski definition) is 1. The van der Waals surface area contributed by atoms with Crippen LogP contribution in [0.2, 0.25) is 0 Å². The van der Waals surface area contributed by atoms with Crippen molar-refractivity contribution in [3.63, 3.8) is 0 Å². The van der Waals surface area contributed by atoms with Crippen LogP contribution in [0.1, 0.15) is 37.9 Å². The Labute approximate surface area is 243 Å². The Balaban J connectivity index is 1.18. The van der Waals surface area contributed by atoms with Crippen LogP contribution in [0.25, 0.3) is 0 Å². The van der Waals surface area contributed by atoms with E-state index in [1.807, 2.05) is 60.7 Å². The molecule has 42 heavy (non-hydrogen) atoms. The summed E-state index contributed by atoms with van der Waals surface area (Å²) >= 11 is 0. The highest BCUT2D eigenvalue weighted by atomic mass is 16.5. The van der Waals surface area contributed by atoms with Gasteiger partial charge in [0.2, 0.25) is 0 Å². The van der Waals surface area contributed by atoms with Crippen molar-refractivity contribution in [2.24, 2.45) is 15.9 Å². The second-order valence-electron chi connectivity index (χ2n) is 9.64. The number of carboxylic acid groups (broad SMARTS) is 1. The maximum absolute atomic E-state index is 13.0. The number of ketones is 1. The van der Waals surface area contributed by atoms with Crippen molar-refractivity contribution in [1.82, 2.24) is 0 Å². The molecule has 0 bridgehead atoms. The second kappa shape index (κ2) is 13.3. The van der Waals surface area contributed by atoms with Crippen LogP contribution in [0.3, 0.4) is 0 Å². The maximum atomic E-state index is 13.0. The standard InChI is InChI=1S/C35H28N2O5/c1-24-31(37-34(42-24)27-12-6-3-7-13-27)20-21-41-29-18-16-25(17-19-29)22-28(35(39)40)23-36-32-15-9-8-14-30(32)33(38)26-10-4-2-5-11-26/h2-19,23,28H,1,20-22H2/p+1. The SMILES string of the molecule is C=C1[O+]=C(c2ccccc2)N=C1CCOc1ccc(CC(C=Nc2ccccc2C(=O)c2ccccc2)C(=O)O)cc1. The molecule has 1 aliphatic heterocycles. The number of rotatable bonds is 12. The summed E-state index contributed by atoms with van der Waals surface area (Å²) < 4.78 is 11.6. The van der Waals surface area contributed by atoms with Gasteiger partial charge in [-0.25, -0.2) is 0 Å². The number of nitrogens with zero attached hydrogens (tertiary/aromatic N) is 2. The third-order valence-corrected chi connectivity index (χ3v) is 6.68. The number of aliphatic carboxylic acids is 1. The first kappa shape index (κ1) is 28.1. The molecule has 7 nitrogen and oxygen atoms in total. The number of ether oxygens (including phenoxy) is 1. The molecule has 1 N–H and O–H groups in total. The number of allylic oxidation sites excluding steroid dienone is 1. The van der Waals surface area contributed by atoms with Crippen molar-refractivity contribution >= 4 is 35.3 Å². The summed E-state index contributed by atoms with van der Waals surface area (Å²) in [4.78, 5) is 34.0. The summed E-state index contributed by atoms with van der Waals surface area (Å²) in [5.41, 5.74) is 3.83. The zero-order chi connectivity index (χ0) is 29.3. The summed E-state index contributed by atoms with van der Waals surface area (Å²) in [5.74, 6) is -0.345. The van der Waals surface area contributed by atoms with E-state index in [0.29, 0.717) is 47.3 Å². The monoisotopic (exact) mass is 557 g/mol. The Kier molecular flexibility index (Phi) is 8.89. The van der Waals surface area contributed by atoms with Crippen LogP contribution in [0.4, 0.5) is 5.69 Å². The largest absolute Gasteiger partial charge is 0.493 e. The zero-order valence-electron chi connectivity index (χ0n) is 22.9. The highest BCUT2D eigenvalue weighted by molar-refractivity contribution is 6.13. The smallest absolute Gasteiger partial charge is 0.460 e. The van der Waals surface area contributed by atoms with Gasteiger partial charge in [-0.15, -0.1) is 0 Å². The van der Waals surface area contributed by atoms with Crippen LogP contribution in [0.15, 0.2) is 132 Å². The summed E-state index contributed by atoms with van der Waals surface area (Å²) in [5, 5.41) is 9.84. The van der Waals surface area contributed by atoms with E-state index in [0.717, 1.165) is 16.8 Å². The predicted octanol–water partition coefficient (Wildman–Crippen LogP) is 6.68. The molecule has 0 fully saturated rings. The third-order valence-electron chi connectivity index (χ3n) is 6.68. The number of carbonyl (C=O) groups excluding carboxylic acids is 2. The van der Waals surface area contributed by atoms with E-state index in [1.165, 1.54) is 6.21 Å². The highest BCUT2D eigenvalue weighted by Crippen LogP contribution is 2.23. The van der Waals surface area contributed by atoms with Gasteiger partial charge >= 0.3 is 17.6 Å². The first-order valence-electron chi connectivity index (χ1n) is 13.5. The van der Waals surface area contributed by atoms with Gasteiger partial charge < -0.3 is 9.84 Å². The van der Waals surface area contributed by atoms with E-state index < -0.39 is 11.9 Å². The summed E-state index contributed by atoms with van der Waals surface area (Å²) in [6.07, 6.45) is 2.16. The Morgan fingerprint density at radius 1 is 0.905 bits per heavy atom. The van der Waals surface area contributed by atoms with E-state index in [2.05, 4.69) is 16.6 Å². The van der Waals surface area contributed by atoms with Crippen LogP contribution < -0.4 is 4.74 Å². The summed E-state index contributed by atoms with van der Waals surface area (Å²) in [7, 11) is 0. The van der Waals surface area contributed by atoms with Crippen LogP contribution >= 0.6 is 0 Å². The average Bonchev–Trinajstić information content (AvgIpc) is 3.40. The number of amides is 1. The molecule has 4 aromatic rings. The molecule has 0 amide bonds. The Morgan fingerprint density at radius 3 is 2.29 bits per heavy atom. The van der Waals surface area contributed by atoms with E-state index in [1.54, 1.807) is 48.5 Å². The normalized spacial score (nSPS) is 13.5. The zero-order valence-corrected chi connectivity index (χ0v) is 22.9. The quantitative estimate of drug-likeness (QED) is 0.119. The van der Waals surface area contributed by atoms with Crippen molar-refractivity contribution in [3.05, 3.63) is 144 Å². The number of carboxylic acids is 1. The molecule has 0 radical (unpaired) electrons. The number of benzene rings is 4. The lowest BCUT2D eigenvalue weighted by molar-refractivity contribution is -0.183. The lowest BCUT2D eigenvalue weighted by atomic mass is 9.99. The molecular weight excluding hydrogens is 528 g/mol. The van der Waals surface area contributed by atoms with E-state index in [-0.39, 0.29) is 12.2 Å². The van der Waals surface area contributed by atoms with Crippen LogP contribution in [0, 0.1) is 5.92 Å². The maximum Gasteiger partial charge on any atom is 0.460 e. The first-order valence-corrected chi connectivity index (χ1v) is 13.5. The number of carbonyl (C=O) groups is 2. The molecule has 4 aromatic carbocycles. The van der Waals surface area contributed by atoms with Gasteiger partial charge in [-0.3, -0.25) is 14.6 Å². The second-order valence-corrected chi connectivity index (χ2v) is 9.64. The molecule has 1 aliphatic rings. The van der Waals surface area contributed by atoms with Gasteiger partial charge in [-0.05, 0) is 48.4 Å². The minimum absolute atomic E-state index is 0.169. The number of aliphatic imine (C=N–C) groups is 2. The van der Waals surface area contributed by atoms with Crippen LogP contribution in [-0.4, -0.2) is 41.3 Å². The van der Waals surface area contributed by atoms with Gasteiger partial charge in [-0.2, -0.15) is 9.42 Å². The topological polar surface area (TPSA) is 99.6 Å². The summed E-state index contributed by atoms with van der Waals surface area (Å²) in [6, 6.07) is 32.8. The van der Waals surface area contributed by atoms with Crippen molar-refractivity contribution in [1.29, 1.82) is 0 Å². The molecule has 0 aromatic heterocycles. The Bertz CT molecular complexity index is 1670. The van der Waals surface area contributed by atoms with Crippen molar-refractivity contribution in [3.8, 4) is 5.75 Å². The Hall–Kier alpha value is -5.43. The van der Waals surface area contributed by atoms with E-state index >= 15 is 0 Å². The molecule has 0 saturated carbocycles. The molecule has 0 saturated heterocycles. The predicted molar refractivity (Wildman–Crippen MR) is 163 cm³/mol. The molecule has 0 aliphatic carbocycles. The minimum atomic E-state index is -1.00. The van der Waals surface area contributed by atoms with Crippen molar-refractivity contribution in [2.45, 2.75) is 12.8 Å². The molecule has 1 heterocycles. The van der Waals surface area contributed by atoms with Crippen LogP contribution in [-0.2, 0) is 11.2 Å². The fourth-order valence-corrected chi connectivity index (χ4v) is 4.42. The third kappa shape index (κ3) is 7.01. The highest BCUT2D eigenvalue weighted by Gasteiger charge is 2.29.